The molecule has 1 atom stereocenters. The molecule has 0 spiro atoms. The summed E-state index contributed by atoms with van der Waals surface area (Å²) in [6.45, 7) is 4.16. The van der Waals surface area contributed by atoms with Crippen LogP contribution in [-0.4, -0.2) is 43.7 Å². The number of ether oxygens (including phenoxy) is 2. The molecule has 1 aromatic rings. The van der Waals surface area contributed by atoms with Gasteiger partial charge in [-0.3, -0.25) is 4.79 Å². The first-order valence-electron chi connectivity index (χ1n) is 8.29. The van der Waals surface area contributed by atoms with Crippen LogP contribution in [0.2, 0.25) is 0 Å². The lowest BCUT2D eigenvalue weighted by atomic mass is 10.1. The average molecular weight is 305 g/mol. The van der Waals surface area contributed by atoms with Crippen LogP contribution in [0.3, 0.4) is 0 Å². The van der Waals surface area contributed by atoms with Crippen LogP contribution in [0.1, 0.15) is 38.2 Å². The lowest BCUT2D eigenvalue weighted by molar-refractivity contribution is -0.145. The zero-order valence-corrected chi connectivity index (χ0v) is 13.7. The van der Waals surface area contributed by atoms with Crippen LogP contribution in [0.15, 0.2) is 24.3 Å². The molecule has 1 aliphatic rings. The van der Waals surface area contributed by atoms with E-state index in [4.69, 9.17) is 9.47 Å². The molecule has 0 radical (unpaired) electrons. The van der Waals surface area contributed by atoms with Gasteiger partial charge in [0.2, 0.25) is 0 Å². The molecule has 1 unspecified atom stereocenters. The second-order valence-corrected chi connectivity index (χ2v) is 5.82. The van der Waals surface area contributed by atoms with Gasteiger partial charge in [-0.25, -0.2) is 0 Å². The predicted molar refractivity (Wildman–Crippen MR) is 87.2 cm³/mol. The third-order valence-corrected chi connectivity index (χ3v) is 4.04. The summed E-state index contributed by atoms with van der Waals surface area (Å²) in [6.07, 6.45) is 4.60. The van der Waals surface area contributed by atoms with E-state index in [1.807, 2.05) is 19.2 Å². The molecular formula is C18H27NO3. The number of rotatable bonds is 7. The highest BCUT2D eigenvalue weighted by molar-refractivity contribution is 5.80. The summed E-state index contributed by atoms with van der Waals surface area (Å²) >= 11 is 0. The van der Waals surface area contributed by atoms with Crippen molar-refractivity contribution in [3.05, 3.63) is 29.8 Å². The van der Waals surface area contributed by atoms with E-state index < -0.39 is 0 Å². The van der Waals surface area contributed by atoms with Crippen molar-refractivity contribution in [3.8, 4) is 5.75 Å². The van der Waals surface area contributed by atoms with Gasteiger partial charge in [0.1, 0.15) is 11.9 Å². The summed E-state index contributed by atoms with van der Waals surface area (Å²) in [5.74, 6) is 1.01. The second-order valence-electron chi connectivity index (χ2n) is 5.82. The molecule has 1 heterocycles. The van der Waals surface area contributed by atoms with Crippen LogP contribution in [0.4, 0.5) is 0 Å². The van der Waals surface area contributed by atoms with E-state index in [1.165, 1.54) is 5.56 Å². The topological polar surface area (TPSA) is 38.8 Å². The van der Waals surface area contributed by atoms with Gasteiger partial charge in [-0.1, -0.05) is 19.1 Å². The van der Waals surface area contributed by atoms with Crippen molar-refractivity contribution in [3.63, 3.8) is 0 Å². The normalized spacial score (nSPS) is 18.0. The molecule has 0 saturated carbocycles. The molecular weight excluding hydrogens is 278 g/mol. The fourth-order valence-electron chi connectivity index (χ4n) is 2.64. The van der Waals surface area contributed by atoms with Crippen LogP contribution in [0.25, 0.3) is 0 Å². The second kappa shape index (κ2) is 8.79. The number of likely N-dealkylation sites (N-methyl/N-ethyl adjacent to an activating group) is 1. The van der Waals surface area contributed by atoms with E-state index in [1.54, 1.807) is 4.90 Å². The van der Waals surface area contributed by atoms with Gasteiger partial charge >= 0.3 is 0 Å². The van der Waals surface area contributed by atoms with Gasteiger partial charge in [-0.05, 0) is 49.8 Å². The highest BCUT2D eigenvalue weighted by atomic mass is 16.5. The van der Waals surface area contributed by atoms with Crippen LogP contribution >= 0.6 is 0 Å². The van der Waals surface area contributed by atoms with E-state index in [-0.39, 0.29) is 12.0 Å². The molecule has 1 amide bonds. The van der Waals surface area contributed by atoms with Crippen molar-refractivity contribution < 1.29 is 14.3 Å². The van der Waals surface area contributed by atoms with Crippen molar-refractivity contribution in [2.75, 3.05) is 26.8 Å². The molecule has 4 heteroatoms. The molecule has 0 N–H and O–H groups in total. The Balaban J connectivity index is 1.67. The van der Waals surface area contributed by atoms with E-state index in [9.17, 15) is 4.79 Å². The maximum absolute atomic E-state index is 12.2. The first-order chi connectivity index (χ1) is 10.7. The van der Waals surface area contributed by atoms with E-state index in [0.717, 1.165) is 37.9 Å². The SMILES string of the molecule is CCc1cccc(OCCCN(C)C(=O)C2CCCCO2)c1. The summed E-state index contributed by atoms with van der Waals surface area (Å²) in [5.41, 5.74) is 1.28. The standard InChI is InChI=1S/C18H27NO3/c1-3-15-8-6-9-16(14-15)21-13-7-11-19(2)18(20)17-10-4-5-12-22-17/h6,8-9,14,17H,3-5,7,10-13H2,1-2H3. The monoisotopic (exact) mass is 305 g/mol. The van der Waals surface area contributed by atoms with Gasteiger partial charge in [0.05, 0.1) is 6.61 Å². The molecule has 0 bridgehead atoms. The first kappa shape index (κ1) is 16.8. The highest BCUT2D eigenvalue weighted by Crippen LogP contribution is 2.15. The zero-order chi connectivity index (χ0) is 15.8. The van der Waals surface area contributed by atoms with Crippen LogP contribution < -0.4 is 4.74 Å². The van der Waals surface area contributed by atoms with Crippen molar-refractivity contribution in [1.29, 1.82) is 0 Å². The van der Waals surface area contributed by atoms with Crippen molar-refractivity contribution in [1.82, 2.24) is 4.90 Å². The van der Waals surface area contributed by atoms with Gasteiger partial charge in [0.15, 0.2) is 0 Å². The Morgan fingerprint density at radius 2 is 2.27 bits per heavy atom. The maximum atomic E-state index is 12.2. The Labute approximate surface area is 133 Å². The molecule has 2 rings (SSSR count). The lowest BCUT2D eigenvalue weighted by Gasteiger charge is -2.26. The number of benzene rings is 1. The number of hydrogen-bond acceptors (Lipinski definition) is 3. The van der Waals surface area contributed by atoms with Gasteiger partial charge in [0, 0.05) is 20.2 Å². The van der Waals surface area contributed by atoms with Gasteiger partial charge in [0.25, 0.3) is 5.91 Å². The van der Waals surface area contributed by atoms with Gasteiger partial charge < -0.3 is 14.4 Å². The molecule has 1 aliphatic heterocycles. The van der Waals surface area contributed by atoms with Gasteiger partial charge in [-0.2, -0.15) is 0 Å². The fraction of sp³-hybridized carbons (Fsp3) is 0.611. The number of nitrogens with zero attached hydrogens (tertiary/aromatic N) is 1. The third kappa shape index (κ3) is 5.02. The molecule has 0 aromatic heterocycles. The summed E-state index contributed by atoms with van der Waals surface area (Å²) in [5, 5.41) is 0. The van der Waals surface area contributed by atoms with E-state index in [0.29, 0.717) is 19.8 Å². The predicted octanol–water partition coefficient (Wildman–Crippen LogP) is 3.05. The van der Waals surface area contributed by atoms with E-state index in [2.05, 4.69) is 19.1 Å². The molecule has 0 aliphatic carbocycles. The largest absolute Gasteiger partial charge is 0.494 e. The summed E-state index contributed by atoms with van der Waals surface area (Å²) in [4.78, 5) is 14.0. The van der Waals surface area contributed by atoms with E-state index >= 15 is 0 Å². The quantitative estimate of drug-likeness (QED) is 0.727. The molecule has 1 fully saturated rings. The number of aryl methyl sites for hydroxylation is 1. The Bertz CT molecular complexity index is 469. The molecule has 1 saturated heterocycles. The molecule has 4 nitrogen and oxygen atoms in total. The maximum Gasteiger partial charge on any atom is 0.251 e. The zero-order valence-electron chi connectivity index (χ0n) is 13.7. The van der Waals surface area contributed by atoms with Crippen molar-refractivity contribution in [2.24, 2.45) is 0 Å². The summed E-state index contributed by atoms with van der Waals surface area (Å²) in [6, 6.07) is 8.17. The van der Waals surface area contributed by atoms with Crippen molar-refractivity contribution >= 4 is 5.91 Å². The number of hydrogen-bond donors (Lipinski definition) is 0. The Kier molecular flexibility index (Phi) is 6.72. The highest BCUT2D eigenvalue weighted by Gasteiger charge is 2.24. The Morgan fingerprint density at radius 1 is 1.41 bits per heavy atom. The van der Waals surface area contributed by atoms with Crippen molar-refractivity contribution in [2.45, 2.75) is 45.1 Å². The van der Waals surface area contributed by atoms with Crippen LogP contribution in [-0.2, 0) is 16.0 Å². The minimum atomic E-state index is -0.235. The third-order valence-electron chi connectivity index (χ3n) is 4.04. The average Bonchev–Trinajstić information content (AvgIpc) is 2.58. The Morgan fingerprint density at radius 3 is 3.00 bits per heavy atom. The first-order valence-corrected chi connectivity index (χ1v) is 8.29. The number of carbonyl (C=O) groups excluding carboxylic acids is 1. The fourth-order valence-corrected chi connectivity index (χ4v) is 2.64. The van der Waals surface area contributed by atoms with Gasteiger partial charge in [-0.15, -0.1) is 0 Å². The van der Waals surface area contributed by atoms with Crippen LogP contribution in [0, 0.1) is 0 Å². The number of amides is 1. The number of carbonyl (C=O) groups is 1. The summed E-state index contributed by atoms with van der Waals surface area (Å²) < 4.78 is 11.3. The smallest absolute Gasteiger partial charge is 0.251 e. The molecule has 122 valence electrons. The molecule has 1 aromatic carbocycles. The minimum Gasteiger partial charge on any atom is -0.494 e. The lowest BCUT2D eigenvalue weighted by Crippen LogP contribution is -2.40. The minimum absolute atomic E-state index is 0.104. The summed E-state index contributed by atoms with van der Waals surface area (Å²) in [7, 11) is 1.85. The molecule has 22 heavy (non-hydrogen) atoms. The Hall–Kier alpha value is -1.55. The van der Waals surface area contributed by atoms with Crippen LogP contribution in [0.5, 0.6) is 5.75 Å².